The number of carboxylic acids is 1. The molecule has 2 heterocycles. The topological polar surface area (TPSA) is 83.4 Å². The molecule has 0 bridgehead atoms. The van der Waals surface area contributed by atoms with Crippen molar-refractivity contribution < 1.29 is 14.7 Å². The molecular formula is C13H15N3O3. The second-order valence-electron chi connectivity index (χ2n) is 4.44. The average Bonchev–Trinajstić information content (AvgIpc) is 2.46. The molecule has 0 aromatic carbocycles. The van der Waals surface area contributed by atoms with Crippen LogP contribution in [0.25, 0.3) is 0 Å². The smallest absolute Gasteiger partial charge is 0.338 e. The van der Waals surface area contributed by atoms with Gasteiger partial charge in [0.25, 0.3) is 0 Å². The fourth-order valence-corrected chi connectivity index (χ4v) is 2.15. The zero-order chi connectivity index (χ0) is 13.8. The van der Waals surface area contributed by atoms with Crippen LogP contribution in [0.1, 0.15) is 34.9 Å². The summed E-state index contributed by atoms with van der Waals surface area (Å²) < 4.78 is 0. The molecule has 0 saturated carbocycles. The van der Waals surface area contributed by atoms with E-state index in [2.05, 4.69) is 16.5 Å². The van der Waals surface area contributed by atoms with Crippen LogP contribution in [0, 0.1) is 0 Å². The summed E-state index contributed by atoms with van der Waals surface area (Å²) >= 11 is 0. The monoisotopic (exact) mass is 261 g/mol. The lowest BCUT2D eigenvalue weighted by molar-refractivity contribution is -0.127. The highest BCUT2D eigenvalue weighted by Gasteiger charge is 2.24. The van der Waals surface area contributed by atoms with Gasteiger partial charge in [0.05, 0.1) is 5.56 Å². The molecule has 1 aliphatic heterocycles. The molecule has 1 N–H and O–H groups in total. The van der Waals surface area contributed by atoms with Crippen LogP contribution in [-0.4, -0.2) is 44.9 Å². The zero-order valence-electron chi connectivity index (χ0n) is 10.5. The average molecular weight is 261 g/mol. The summed E-state index contributed by atoms with van der Waals surface area (Å²) in [5.74, 6) is -0.258. The highest BCUT2D eigenvalue weighted by atomic mass is 16.4. The van der Waals surface area contributed by atoms with Crippen molar-refractivity contribution in [2.24, 2.45) is 0 Å². The third-order valence-electron chi connectivity index (χ3n) is 3.27. The Balaban J connectivity index is 1.99. The normalized spacial score (nSPS) is 16.1. The quantitative estimate of drug-likeness (QED) is 0.823. The van der Waals surface area contributed by atoms with Gasteiger partial charge in [0, 0.05) is 31.4 Å². The van der Waals surface area contributed by atoms with Crippen molar-refractivity contribution in [2.75, 3.05) is 13.1 Å². The molecule has 0 radical (unpaired) electrons. The van der Waals surface area contributed by atoms with E-state index in [-0.39, 0.29) is 17.4 Å². The molecular weight excluding hydrogens is 246 g/mol. The van der Waals surface area contributed by atoms with Crippen molar-refractivity contribution in [1.82, 2.24) is 14.9 Å². The molecule has 1 aliphatic rings. The maximum Gasteiger partial charge on any atom is 0.338 e. The highest BCUT2D eigenvalue weighted by Crippen LogP contribution is 2.25. The Morgan fingerprint density at radius 1 is 1.32 bits per heavy atom. The van der Waals surface area contributed by atoms with Gasteiger partial charge in [-0.1, -0.05) is 6.58 Å². The second kappa shape index (κ2) is 5.60. The summed E-state index contributed by atoms with van der Waals surface area (Å²) in [5, 5.41) is 8.78. The lowest BCUT2D eigenvalue weighted by Gasteiger charge is -2.30. The van der Waals surface area contributed by atoms with E-state index >= 15 is 0 Å². The van der Waals surface area contributed by atoms with E-state index in [0.717, 1.165) is 12.8 Å². The minimum atomic E-state index is -1.03. The fraction of sp³-hybridized carbons (Fsp3) is 0.385. The number of aromatic carboxylic acids is 1. The van der Waals surface area contributed by atoms with Crippen molar-refractivity contribution >= 4 is 11.9 Å². The molecule has 0 aliphatic carbocycles. The van der Waals surface area contributed by atoms with Crippen LogP contribution in [0.3, 0.4) is 0 Å². The number of hydrogen-bond acceptors (Lipinski definition) is 4. The number of piperidine rings is 1. The summed E-state index contributed by atoms with van der Waals surface area (Å²) in [4.78, 5) is 32.1. The van der Waals surface area contributed by atoms with Crippen molar-refractivity contribution in [3.63, 3.8) is 0 Å². The molecule has 0 atom stereocenters. The molecule has 1 saturated heterocycles. The minimum absolute atomic E-state index is 0.0550. The Labute approximate surface area is 110 Å². The molecule has 2 rings (SSSR count). The first kappa shape index (κ1) is 13.2. The molecule has 1 aromatic rings. The van der Waals surface area contributed by atoms with Crippen molar-refractivity contribution in [2.45, 2.75) is 18.8 Å². The SMILES string of the molecule is C=CC(=O)N1CCC(c2ncc(C(=O)O)cn2)CC1. The van der Waals surface area contributed by atoms with Crippen molar-refractivity contribution in [1.29, 1.82) is 0 Å². The molecule has 1 aromatic heterocycles. The van der Waals surface area contributed by atoms with Crippen LogP contribution in [-0.2, 0) is 4.79 Å². The molecule has 1 amide bonds. The van der Waals surface area contributed by atoms with Gasteiger partial charge < -0.3 is 10.0 Å². The Kier molecular flexibility index (Phi) is 3.89. The number of nitrogens with zero attached hydrogens (tertiary/aromatic N) is 3. The van der Waals surface area contributed by atoms with E-state index in [1.54, 1.807) is 4.90 Å². The van der Waals surface area contributed by atoms with Crippen LogP contribution in [0.2, 0.25) is 0 Å². The Morgan fingerprint density at radius 2 is 1.89 bits per heavy atom. The van der Waals surface area contributed by atoms with Gasteiger partial charge in [-0.2, -0.15) is 0 Å². The van der Waals surface area contributed by atoms with Crippen LogP contribution in [0.5, 0.6) is 0 Å². The first-order valence-corrected chi connectivity index (χ1v) is 6.08. The Bertz CT molecular complexity index is 490. The molecule has 100 valence electrons. The number of hydrogen-bond donors (Lipinski definition) is 1. The third kappa shape index (κ3) is 2.96. The molecule has 1 fully saturated rings. The van der Waals surface area contributed by atoms with Crippen LogP contribution < -0.4 is 0 Å². The maximum atomic E-state index is 11.4. The maximum absolute atomic E-state index is 11.4. The van der Waals surface area contributed by atoms with E-state index < -0.39 is 5.97 Å². The van der Waals surface area contributed by atoms with Crippen molar-refractivity contribution in [3.05, 3.63) is 36.4 Å². The number of rotatable bonds is 3. The van der Waals surface area contributed by atoms with Gasteiger partial charge in [-0.15, -0.1) is 0 Å². The van der Waals surface area contributed by atoms with Gasteiger partial charge in [-0.05, 0) is 18.9 Å². The number of aromatic nitrogens is 2. The summed E-state index contributed by atoms with van der Waals surface area (Å²) in [6.45, 7) is 4.77. The predicted octanol–water partition coefficient (Wildman–Crippen LogP) is 1.07. The van der Waals surface area contributed by atoms with Gasteiger partial charge in [-0.3, -0.25) is 4.79 Å². The largest absolute Gasteiger partial charge is 0.478 e. The zero-order valence-corrected chi connectivity index (χ0v) is 10.5. The van der Waals surface area contributed by atoms with Crippen LogP contribution in [0.4, 0.5) is 0 Å². The number of likely N-dealkylation sites (tertiary alicyclic amines) is 1. The van der Waals surface area contributed by atoms with E-state index in [1.807, 2.05) is 0 Å². The third-order valence-corrected chi connectivity index (χ3v) is 3.27. The van der Waals surface area contributed by atoms with Crippen LogP contribution in [0.15, 0.2) is 25.0 Å². The van der Waals surface area contributed by atoms with Crippen LogP contribution >= 0.6 is 0 Å². The summed E-state index contributed by atoms with van der Waals surface area (Å²) in [5.41, 5.74) is 0.0861. The number of carbonyl (C=O) groups excluding carboxylic acids is 1. The molecule has 0 spiro atoms. The van der Waals surface area contributed by atoms with Gasteiger partial charge in [0.15, 0.2) is 0 Å². The predicted molar refractivity (Wildman–Crippen MR) is 67.7 cm³/mol. The molecule has 6 nitrogen and oxygen atoms in total. The Morgan fingerprint density at radius 3 is 2.37 bits per heavy atom. The Hall–Kier alpha value is -2.24. The summed E-state index contributed by atoms with van der Waals surface area (Å²) in [6, 6.07) is 0. The van der Waals surface area contributed by atoms with E-state index in [0.29, 0.717) is 18.9 Å². The summed E-state index contributed by atoms with van der Waals surface area (Å²) in [7, 11) is 0. The van der Waals surface area contributed by atoms with Gasteiger partial charge in [0.1, 0.15) is 5.82 Å². The van der Waals surface area contributed by atoms with Gasteiger partial charge in [-0.25, -0.2) is 14.8 Å². The number of carboxylic acid groups (broad SMARTS) is 1. The van der Waals surface area contributed by atoms with E-state index in [1.165, 1.54) is 18.5 Å². The van der Waals surface area contributed by atoms with E-state index in [4.69, 9.17) is 5.11 Å². The van der Waals surface area contributed by atoms with Gasteiger partial charge >= 0.3 is 5.97 Å². The molecule has 19 heavy (non-hydrogen) atoms. The molecule has 0 unspecified atom stereocenters. The fourth-order valence-electron chi connectivity index (χ4n) is 2.15. The lowest BCUT2D eigenvalue weighted by Crippen LogP contribution is -2.37. The van der Waals surface area contributed by atoms with Crippen molar-refractivity contribution in [3.8, 4) is 0 Å². The van der Waals surface area contributed by atoms with Gasteiger partial charge in [0.2, 0.25) is 5.91 Å². The highest BCUT2D eigenvalue weighted by molar-refractivity contribution is 5.87. The number of amides is 1. The summed E-state index contributed by atoms with van der Waals surface area (Å²) in [6.07, 6.45) is 5.54. The standard InChI is InChI=1S/C13H15N3O3/c1-2-11(17)16-5-3-9(4-6-16)12-14-7-10(8-15-12)13(18)19/h2,7-9H,1,3-6H2,(H,18,19). The minimum Gasteiger partial charge on any atom is -0.478 e. The second-order valence-corrected chi connectivity index (χ2v) is 4.44. The molecule has 6 heteroatoms. The number of carbonyl (C=O) groups is 2. The first-order valence-electron chi connectivity index (χ1n) is 6.08. The lowest BCUT2D eigenvalue weighted by atomic mass is 9.96. The first-order chi connectivity index (χ1) is 9.11. The van der Waals surface area contributed by atoms with E-state index in [9.17, 15) is 9.59 Å².